The Hall–Kier alpha value is -2.88. The maximum absolute atomic E-state index is 13.6. The monoisotopic (exact) mass is 293 g/mol. The van der Waals surface area contributed by atoms with Crippen molar-refractivity contribution in [2.24, 2.45) is 0 Å². The average molecular weight is 293 g/mol. The number of nitrogens with zero attached hydrogens (tertiary/aromatic N) is 1. The van der Waals surface area contributed by atoms with Crippen molar-refractivity contribution in [1.82, 2.24) is 4.98 Å². The highest BCUT2D eigenvalue weighted by Gasteiger charge is 2.02. The summed E-state index contributed by atoms with van der Waals surface area (Å²) >= 11 is 0. The van der Waals surface area contributed by atoms with Crippen LogP contribution in [0.25, 0.3) is 0 Å². The van der Waals surface area contributed by atoms with Crippen LogP contribution in [0.1, 0.15) is 5.56 Å². The molecule has 1 heterocycles. The Kier molecular flexibility index (Phi) is 4.30. The van der Waals surface area contributed by atoms with E-state index in [0.29, 0.717) is 12.1 Å². The van der Waals surface area contributed by atoms with Gasteiger partial charge in [-0.3, -0.25) is 0 Å². The Labute approximate surface area is 128 Å². The SMILES string of the molecule is Fc1ccccc1CNc1ccnc(Nc2ccccc2)c1. The zero-order valence-corrected chi connectivity index (χ0v) is 12.0. The lowest BCUT2D eigenvalue weighted by atomic mass is 10.2. The molecule has 0 saturated carbocycles. The van der Waals surface area contributed by atoms with Gasteiger partial charge in [0.15, 0.2) is 0 Å². The molecule has 0 bridgehead atoms. The topological polar surface area (TPSA) is 37.0 Å². The molecule has 3 rings (SSSR count). The van der Waals surface area contributed by atoms with Crippen molar-refractivity contribution in [2.75, 3.05) is 10.6 Å². The van der Waals surface area contributed by atoms with Crippen molar-refractivity contribution < 1.29 is 4.39 Å². The Morgan fingerprint density at radius 3 is 2.45 bits per heavy atom. The van der Waals surface area contributed by atoms with Crippen molar-refractivity contribution in [1.29, 1.82) is 0 Å². The summed E-state index contributed by atoms with van der Waals surface area (Å²) in [5.41, 5.74) is 2.50. The van der Waals surface area contributed by atoms with Gasteiger partial charge in [0, 0.05) is 35.7 Å². The average Bonchev–Trinajstić information content (AvgIpc) is 2.55. The van der Waals surface area contributed by atoms with Gasteiger partial charge in [0.1, 0.15) is 11.6 Å². The van der Waals surface area contributed by atoms with E-state index in [1.165, 1.54) is 6.07 Å². The van der Waals surface area contributed by atoms with E-state index in [2.05, 4.69) is 15.6 Å². The van der Waals surface area contributed by atoms with Crippen LogP contribution in [0.4, 0.5) is 21.6 Å². The van der Waals surface area contributed by atoms with Crippen LogP contribution in [0.15, 0.2) is 72.9 Å². The van der Waals surface area contributed by atoms with Crippen LogP contribution in [-0.2, 0) is 6.54 Å². The fraction of sp³-hybridized carbons (Fsp3) is 0.0556. The summed E-state index contributed by atoms with van der Waals surface area (Å²) in [6, 6.07) is 20.3. The number of hydrogen-bond acceptors (Lipinski definition) is 3. The molecule has 2 aromatic carbocycles. The second-order valence-corrected chi connectivity index (χ2v) is 4.87. The Balaban J connectivity index is 1.68. The van der Waals surface area contributed by atoms with Crippen molar-refractivity contribution in [2.45, 2.75) is 6.54 Å². The van der Waals surface area contributed by atoms with Crippen LogP contribution >= 0.6 is 0 Å². The fourth-order valence-electron chi connectivity index (χ4n) is 2.12. The minimum absolute atomic E-state index is 0.202. The molecule has 0 aliphatic carbocycles. The molecule has 4 heteroatoms. The Morgan fingerprint density at radius 1 is 0.864 bits per heavy atom. The molecule has 0 fully saturated rings. The molecule has 0 saturated heterocycles. The summed E-state index contributed by atoms with van der Waals surface area (Å²) in [5, 5.41) is 6.44. The lowest BCUT2D eigenvalue weighted by Crippen LogP contribution is -2.02. The molecule has 0 unspecified atom stereocenters. The van der Waals surface area contributed by atoms with Gasteiger partial charge >= 0.3 is 0 Å². The minimum Gasteiger partial charge on any atom is -0.381 e. The number of nitrogens with one attached hydrogen (secondary N) is 2. The van der Waals surface area contributed by atoms with E-state index in [4.69, 9.17) is 0 Å². The highest BCUT2D eigenvalue weighted by molar-refractivity contribution is 5.60. The summed E-state index contributed by atoms with van der Waals surface area (Å²) < 4.78 is 13.6. The van der Waals surface area contributed by atoms with Crippen molar-refractivity contribution in [3.63, 3.8) is 0 Å². The number of para-hydroxylation sites is 1. The molecule has 110 valence electrons. The molecule has 0 radical (unpaired) electrons. The predicted molar refractivity (Wildman–Crippen MR) is 87.7 cm³/mol. The van der Waals surface area contributed by atoms with Crippen LogP contribution in [-0.4, -0.2) is 4.98 Å². The van der Waals surface area contributed by atoms with E-state index in [-0.39, 0.29) is 5.82 Å². The summed E-state index contributed by atoms with van der Waals surface area (Å²) in [5.74, 6) is 0.538. The third kappa shape index (κ3) is 3.61. The molecular formula is C18H16FN3. The predicted octanol–water partition coefficient (Wildman–Crippen LogP) is 4.58. The van der Waals surface area contributed by atoms with Gasteiger partial charge in [-0.2, -0.15) is 0 Å². The molecule has 0 amide bonds. The van der Waals surface area contributed by atoms with Crippen molar-refractivity contribution in [3.8, 4) is 0 Å². The van der Waals surface area contributed by atoms with E-state index >= 15 is 0 Å². The number of benzene rings is 2. The van der Waals surface area contributed by atoms with Gasteiger partial charge in [-0.15, -0.1) is 0 Å². The maximum atomic E-state index is 13.6. The van der Waals surface area contributed by atoms with Gasteiger partial charge in [0.2, 0.25) is 0 Å². The molecule has 1 aromatic heterocycles. The zero-order chi connectivity index (χ0) is 15.2. The summed E-state index contributed by atoms with van der Waals surface area (Å²) in [4.78, 5) is 4.28. The molecule has 22 heavy (non-hydrogen) atoms. The van der Waals surface area contributed by atoms with Gasteiger partial charge in [0.05, 0.1) is 0 Å². The third-order valence-electron chi connectivity index (χ3n) is 3.25. The number of pyridine rings is 1. The van der Waals surface area contributed by atoms with Gasteiger partial charge in [-0.05, 0) is 24.3 Å². The van der Waals surface area contributed by atoms with Crippen LogP contribution < -0.4 is 10.6 Å². The van der Waals surface area contributed by atoms with Crippen LogP contribution in [0.5, 0.6) is 0 Å². The van der Waals surface area contributed by atoms with Gasteiger partial charge in [-0.1, -0.05) is 36.4 Å². The number of anilines is 3. The van der Waals surface area contributed by atoms with Crippen LogP contribution in [0.3, 0.4) is 0 Å². The summed E-state index contributed by atoms with van der Waals surface area (Å²) in [7, 11) is 0. The van der Waals surface area contributed by atoms with Crippen molar-refractivity contribution >= 4 is 17.2 Å². The van der Waals surface area contributed by atoms with E-state index in [9.17, 15) is 4.39 Å². The lowest BCUT2D eigenvalue weighted by Gasteiger charge is -2.10. The molecule has 2 N–H and O–H groups in total. The molecule has 3 aromatic rings. The number of halogens is 1. The number of aromatic nitrogens is 1. The Morgan fingerprint density at radius 2 is 1.64 bits per heavy atom. The first kappa shape index (κ1) is 14.1. The van der Waals surface area contributed by atoms with Gasteiger partial charge < -0.3 is 10.6 Å². The second kappa shape index (κ2) is 6.72. The van der Waals surface area contributed by atoms with E-state index in [1.807, 2.05) is 48.5 Å². The van der Waals surface area contributed by atoms with Crippen LogP contribution in [0.2, 0.25) is 0 Å². The summed E-state index contributed by atoms with van der Waals surface area (Å²) in [6.07, 6.45) is 1.72. The largest absolute Gasteiger partial charge is 0.381 e. The summed E-state index contributed by atoms with van der Waals surface area (Å²) in [6.45, 7) is 0.432. The lowest BCUT2D eigenvalue weighted by molar-refractivity contribution is 0.613. The molecule has 0 aliphatic rings. The first-order valence-electron chi connectivity index (χ1n) is 7.07. The second-order valence-electron chi connectivity index (χ2n) is 4.87. The first-order valence-corrected chi connectivity index (χ1v) is 7.07. The minimum atomic E-state index is -0.202. The molecular weight excluding hydrogens is 277 g/mol. The molecule has 0 spiro atoms. The number of rotatable bonds is 5. The quantitative estimate of drug-likeness (QED) is 0.723. The maximum Gasteiger partial charge on any atom is 0.132 e. The Bertz CT molecular complexity index is 744. The van der Waals surface area contributed by atoms with E-state index in [1.54, 1.807) is 18.3 Å². The number of hydrogen-bond donors (Lipinski definition) is 2. The molecule has 0 aliphatic heterocycles. The van der Waals surface area contributed by atoms with E-state index < -0.39 is 0 Å². The third-order valence-corrected chi connectivity index (χ3v) is 3.25. The fourth-order valence-corrected chi connectivity index (χ4v) is 2.12. The first-order chi connectivity index (χ1) is 10.8. The normalized spacial score (nSPS) is 10.2. The van der Waals surface area contributed by atoms with Crippen LogP contribution in [0, 0.1) is 5.82 Å². The standard InChI is InChI=1S/C18H16FN3/c19-17-9-5-4-6-14(17)13-21-16-10-11-20-18(12-16)22-15-7-2-1-3-8-15/h1-12H,13H2,(H2,20,21,22). The highest BCUT2D eigenvalue weighted by Crippen LogP contribution is 2.18. The van der Waals surface area contributed by atoms with Gasteiger partial charge in [0.25, 0.3) is 0 Å². The van der Waals surface area contributed by atoms with Gasteiger partial charge in [-0.25, -0.2) is 9.37 Å². The molecule has 3 nitrogen and oxygen atoms in total. The zero-order valence-electron chi connectivity index (χ0n) is 12.0. The van der Waals surface area contributed by atoms with Crippen molar-refractivity contribution in [3.05, 3.63) is 84.3 Å². The highest BCUT2D eigenvalue weighted by atomic mass is 19.1. The molecule has 0 atom stereocenters. The van der Waals surface area contributed by atoms with E-state index in [0.717, 1.165) is 17.2 Å². The smallest absolute Gasteiger partial charge is 0.132 e.